The zero-order valence-electron chi connectivity index (χ0n) is 31.7. The second kappa shape index (κ2) is 34.5. The third-order valence-corrected chi connectivity index (χ3v) is 10.3. The molecule has 0 saturated heterocycles. The van der Waals surface area contributed by atoms with E-state index in [9.17, 15) is 0 Å². The fourth-order valence-corrected chi connectivity index (χ4v) is 7.21. The molecule has 266 valence electrons. The highest BCUT2D eigenvalue weighted by Gasteiger charge is 2.16. The van der Waals surface area contributed by atoms with Crippen LogP contribution in [0.5, 0.6) is 0 Å². The smallest absolute Gasteiger partial charge is 0.234 e. The van der Waals surface area contributed by atoms with Crippen LogP contribution >= 0.6 is 0 Å². The van der Waals surface area contributed by atoms with E-state index in [1.807, 2.05) is 0 Å². The molecule has 2 nitrogen and oxygen atoms in total. The van der Waals surface area contributed by atoms with Gasteiger partial charge in [-0.25, -0.2) is 9.13 Å². The number of hydrogen-bond acceptors (Lipinski definition) is 0. The molecule has 0 aliphatic rings. The van der Waals surface area contributed by atoms with Crippen LogP contribution in [0.15, 0.2) is 12.4 Å². The minimum absolute atomic E-state index is 1.23. The number of rotatable bonds is 37. The minimum Gasteiger partial charge on any atom is -0.234 e. The van der Waals surface area contributed by atoms with Crippen LogP contribution in [0.3, 0.4) is 0 Å². The first-order valence-corrected chi connectivity index (χ1v) is 21.4. The van der Waals surface area contributed by atoms with Gasteiger partial charge in [-0.05, 0) is 32.1 Å². The first kappa shape index (κ1) is 42.2. The fourth-order valence-electron chi connectivity index (χ4n) is 7.21. The Morgan fingerprint density at radius 3 is 1.07 bits per heavy atom. The molecule has 0 saturated carbocycles. The van der Waals surface area contributed by atoms with Gasteiger partial charge in [0, 0.05) is 6.42 Å². The van der Waals surface area contributed by atoms with Gasteiger partial charge in [0.25, 0.3) is 5.82 Å². The Balaban J connectivity index is 2.25. The number of unbranched alkanes of at least 4 members (excludes halogenated alkanes) is 31. The van der Waals surface area contributed by atoms with Crippen molar-refractivity contribution in [3.63, 3.8) is 0 Å². The van der Waals surface area contributed by atoms with E-state index in [0.29, 0.717) is 0 Å². The van der Waals surface area contributed by atoms with Crippen LogP contribution < -0.4 is 4.57 Å². The van der Waals surface area contributed by atoms with Gasteiger partial charge in [0.05, 0.1) is 13.1 Å². The lowest BCUT2D eigenvalue weighted by atomic mass is 10.0. The van der Waals surface area contributed by atoms with Gasteiger partial charge in [0.15, 0.2) is 0 Å². The maximum atomic E-state index is 2.64. The zero-order chi connectivity index (χ0) is 32.3. The summed E-state index contributed by atoms with van der Waals surface area (Å²) in [6, 6.07) is 0. The predicted molar refractivity (Wildman–Crippen MR) is 202 cm³/mol. The van der Waals surface area contributed by atoms with E-state index in [0.717, 1.165) is 0 Å². The van der Waals surface area contributed by atoms with Crippen molar-refractivity contribution < 1.29 is 4.57 Å². The molecule has 0 atom stereocenters. The highest BCUT2D eigenvalue weighted by Crippen LogP contribution is 2.16. The lowest BCUT2D eigenvalue weighted by Crippen LogP contribution is -2.37. The first-order chi connectivity index (χ1) is 22.3. The molecule has 0 bridgehead atoms. The van der Waals surface area contributed by atoms with Crippen molar-refractivity contribution >= 4 is 0 Å². The van der Waals surface area contributed by atoms with Crippen LogP contribution in [0.1, 0.15) is 245 Å². The molecule has 1 heterocycles. The monoisotopic (exact) mass is 630 g/mol. The zero-order valence-corrected chi connectivity index (χ0v) is 31.7. The minimum atomic E-state index is 1.23. The average molecular weight is 630 g/mol. The normalized spacial score (nSPS) is 11.6. The summed E-state index contributed by atoms with van der Waals surface area (Å²) in [5.41, 5.74) is 0. The highest BCUT2D eigenvalue weighted by atomic mass is 15.1. The van der Waals surface area contributed by atoms with Gasteiger partial charge in [0.1, 0.15) is 12.4 Å². The van der Waals surface area contributed by atoms with E-state index in [2.05, 4.69) is 42.3 Å². The van der Waals surface area contributed by atoms with E-state index in [4.69, 9.17) is 0 Å². The molecule has 45 heavy (non-hydrogen) atoms. The second-order valence-electron chi connectivity index (χ2n) is 14.8. The van der Waals surface area contributed by atoms with Crippen LogP contribution in [-0.2, 0) is 19.5 Å². The Morgan fingerprint density at radius 2 is 0.689 bits per heavy atom. The van der Waals surface area contributed by atoms with E-state index >= 15 is 0 Å². The van der Waals surface area contributed by atoms with Crippen molar-refractivity contribution in [2.45, 2.75) is 259 Å². The van der Waals surface area contributed by atoms with Crippen molar-refractivity contribution in [3.8, 4) is 0 Å². The van der Waals surface area contributed by atoms with Crippen molar-refractivity contribution in [2.24, 2.45) is 0 Å². The number of hydrogen-bond donors (Lipinski definition) is 0. The van der Waals surface area contributed by atoms with E-state index in [1.54, 1.807) is 5.82 Å². The number of aryl methyl sites for hydroxylation is 2. The molecule has 1 rings (SSSR count). The van der Waals surface area contributed by atoms with E-state index in [1.165, 1.54) is 238 Å². The molecule has 0 aromatic carbocycles. The summed E-state index contributed by atoms with van der Waals surface area (Å²) in [5.74, 6) is 1.62. The summed E-state index contributed by atoms with van der Waals surface area (Å²) >= 11 is 0. The molecule has 2 heteroatoms. The first-order valence-electron chi connectivity index (χ1n) is 21.4. The summed E-state index contributed by atoms with van der Waals surface area (Å²) < 4.78 is 5.28. The van der Waals surface area contributed by atoms with Gasteiger partial charge in [0.2, 0.25) is 0 Å². The van der Waals surface area contributed by atoms with Gasteiger partial charge in [-0.15, -0.1) is 0 Å². The Bertz CT molecular complexity index is 653. The third kappa shape index (κ3) is 26.9. The van der Waals surface area contributed by atoms with Gasteiger partial charge in [-0.1, -0.05) is 207 Å². The molecule has 0 radical (unpaired) electrons. The lowest BCUT2D eigenvalue weighted by molar-refractivity contribution is -0.704. The lowest BCUT2D eigenvalue weighted by Gasteiger charge is -2.07. The molecular weight excluding hydrogens is 544 g/mol. The van der Waals surface area contributed by atoms with Gasteiger partial charge in [-0.3, -0.25) is 0 Å². The van der Waals surface area contributed by atoms with Gasteiger partial charge in [-0.2, -0.15) is 0 Å². The third-order valence-electron chi connectivity index (χ3n) is 10.3. The molecule has 0 spiro atoms. The van der Waals surface area contributed by atoms with Crippen LogP contribution in [0.4, 0.5) is 0 Å². The fraction of sp³-hybridized carbons (Fsp3) is 0.930. The number of aromatic nitrogens is 2. The molecule has 0 fully saturated rings. The van der Waals surface area contributed by atoms with Crippen LogP contribution in [-0.4, -0.2) is 4.57 Å². The topological polar surface area (TPSA) is 8.81 Å². The number of imidazole rings is 1. The molecule has 0 N–H and O–H groups in total. The summed E-state index contributed by atoms with van der Waals surface area (Å²) in [5, 5.41) is 0. The molecule has 0 unspecified atom stereocenters. The largest absolute Gasteiger partial charge is 0.256 e. The standard InChI is InChI=1S/C43H85N2/c1-4-7-10-13-16-19-20-21-22-23-24-25-26-29-32-35-38-43-44(39-36-33-30-27-17-14-11-8-5-2)41-42-45(43)40-37-34-31-28-18-15-12-9-6-3/h41-42H,4-40H2,1-3H3/q+1. The summed E-state index contributed by atoms with van der Waals surface area (Å²) in [6.45, 7) is 9.41. The van der Waals surface area contributed by atoms with Crippen molar-refractivity contribution in [3.05, 3.63) is 18.2 Å². The summed E-state index contributed by atoms with van der Waals surface area (Å²) in [6.07, 6.45) is 54.9. The predicted octanol–water partition coefficient (Wildman–Crippen LogP) is 14.6. The van der Waals surface area contributed by atoms with Gasteiger partial charge >= 0.3 is 0 Å². The van der Waals surface area contributed by atoms with Gasteiger partial charge < -0.3 is 0 Å². The molecule has 0 aliphatic carbocycles. The van der Waals surface area contributed by atoms with Crippen molar-refractivity contribution in [1.29, 1.82) is 0 Å². The molecule has 0 aliphatic heterocycles. The molecular formula is C43H85N2+. The Kier molecular flexibility index (Phi) is 32.4. The quantitative estimate of drug-likeness (QED) is 0.0511. The van der Waals surface area contributed by atoms with Crippen molar-refractivity contribution in [2.75, 3.05) is 0 Å². The highest BCUT2D eigenvalue weighted by molar-refractivity contribution is 4.84. The Labute approximate surface area is 285 Å². The average Bonchev–Trinajstić information content (AvgIpc) is 3.43. The SMILES string of the molecule is CCCCCCCCCCCCCCCCCCc1n(CCCCCCCCCCC)cc[n+]1CCCCCCCCCCC. The van der Waals surface area contributed by atoms with Crippen molar-refractivity contribution in [1.82, 2.24) is 4.57 Å². The van der Waals surface area contributed by atoms with Crippen LogP contribution in [0.25, 0.3) is 0 Å². The maximum Gasteiger partial charge on any atom is 0.256 e. The second-order valence-corrected chi connectivity index (χ2v) is 14.8. The molecule has 0 amide bonds. The molecule has 1 aromatic rings. The maximum absolute atomic E-state index is 2.64. The summed E-state index contributed by atoms with van der Waals surface area (Å²) in [4.78, 5) is 0. The summed E-state index contributed by atoms with van der Waals surface area (Å²) in [7, 11) is 0. The number of nitrogens with zero attached hydrogens (tertiary/aromatic N) is 2. The Hall–Kier alpha value is -0.790. The van der Waals surface area contributed by atoms with Crippen LogP contribution in [0, 0.1) is 0 Å². The molecule has 1 aromatic heterocycles. The van der Waals surface area contributed by atoms with E-state index in [-0.39, 0.29) is 0 Å². The van der Waals surface area contributed by atoms with E-state index < -0.39 is 0 Å². The van der Waals surface area contributed by atoms with Crippen LogP contribution in [0.2, 0.25) is 0 Å². The Morgan fingerprint density at radius 1 is 0.378 bits per heavy atom.